The molecule has 0 aromatic rings. The number of nitrogens with one attached hydrogen (secondary N) is 1. The second kappa shape index (κ2) is 28.5. The summed E-state index contributed by atoms with van der Waals surface area (Å²) in [5, 5.41) is 0. The van der Waals surface area contributed by atoms with E-state index in [9.17, 15) is 14.4 Å². The molecule has 0 aliphatic heterocycles. The summed E-state index contributed by atoms with van der Waals surface area (Å²) < 4.78 is 10.1. The van der Waals surface area contributed by atoms with Crippen molar-refractivity contribution in [1.29, 1.82) is 0 Å². The fourth-order valence-electron chi connectivity index (χ4n) is 4.39. The molecule has 0 spiro atoms. The molecule has 0 aliphatic carbocycles. The highest BCUT2D eigenvalue weighted by Gasteiger charge is 2.14. The number of nitrogens with zero attached hydrogens (tertiary/aromatic N) is 1. The van der Waals surface area contributed by atoms with Crippen LogP contribution in [0.15, 0.2) is 0 Å². The van der Waals surface area contributed by atoms with E-state index in [1.165, 1.54) is 97.0 Å². The quantitative estimate of drug-likeness (QED) is 0.0469. The first kappa shape index (κ1) is 36.5. The molecule has 0 amide bonds. The van der Waals surface area contributed by atoms with Crippen molar-refractivity contribution >= 4 is 18.2 Å². The molecule has 1 unspecified atom stereocenters. The van der Waals surface area contributed by atoms with Gasteiger partial charge in [-0.2, -0.15) is 0 Å². The average molecular weight is 541 g/mol. The summed E-state index contributed by atoms with van der Waals surface area (Å²) in [5.74, 6) is -0.889. The molecule has 0 fully saturated rings. The third-order valence-electron chi connectivity index (χ3n) is 6.89. The van der Waals surface area contributed by atoms with Gasteiger partial charge in [-0.1, -0.05) is 110 Å². The van der Waals surface area contributed by atoms with Crippen molar-refractivity contribution in [2.75, 3.05) is 20.3 Å². The lowest BCUT2D eigenvalue weighted by Crippen LogP contribution is -2.34. The highest BCUT2D eigenvalue weighted by atomic mass is 16.5. The highest BCUT2D eigenvalue weighted by molar-refractivity contribution is 5.79. The van der Waals surface area contributed by atoms with Gasteiger partial charge >= 0.3 is 5.97 Å². The molecule has 224 valence electrons. The van der Waals surface area contributed by atoms with Crippen molar-refractivity contribution < 1.29 is 23.9 Å². The summed E-state index contributed by atoms with van der Waals surface area (Å²) in [6, 6.07) is -1.35. The minimum Gasteiger partial charge on any atom is -0.585 e. The first-order valence-corrected chi connectivity index (χ1v) is 15.4. The molecule has 8 heteroatoms. The van der Waals surface area contributed by atoms with Crippen LogP contribution in [0.5, 0.6) is 0 Å². The Bertz CT molecular complexity index is 562. The van der Waals surface area contributed by atoms with Crippen molar-refractivity contribution in [3.63, 3.8) is 0 Å². The Hall–Kier alpha value is -1.51. The molecule has 2 atom stereocenters. The van der Waals surface area contributed by atoms with Crippen LogP contribution in [0.25, 0.3) is 5.43 Å². The largest absolute Gasteiger partial charge is 0.585 e. The summed E-state index contributed by atoms with van der Waals surface area (Å²) in [5.41, 5.74) is 12.3. The van der Waals surface area contributed by atoms with Gasteiger partial charge in [0, 0.05) is 12.5 Å². The van der Waals surface area contributed by atoms with Gasteiger partial charge in [0.2, 0.25) is 0 Å². The maximum absolute atomic E-state index is 12.1. The number of hydrogen-bond donors (Lipinski definition) is 2. The lowest BCUT2D eigenvalue weighted by atomic mass is 10.0. The first-order chi connectivity index (χ1) is 18.6. The predicted molar refractivity (Wildman–Crippen MR) is 155 cm³/mol. The smallest absolute Gasteiger partial charge is 0.305 e. The second-order valence-corrected chi connectivity index (χ2v) is 10.4. The molecular formula is C30H58N3O5-. The van der Waals surface area contributed by atoms with Crippen LogP contribution in [-0.2, 0) is 23.9 Å². The van der Waals surface area contributed by atoms with E-state index >= 15 is 0 Å². The van der Waals surface area contributed by atoms with E-state index in [0.717, 1.165) is 32.0 Å². The monoisotopic (exact) mass is 540 g/mol. The van der Waals surface area contributed by atoms with Crippen LogP contribution in [0.1, 0.15) is 142 Å². The van der Waals surface area contributed by atoms with Crippen molar-refractivity contribution in [3.05, 3.63) is 5.43 Å². The lowest BCUT2D eigenvalue weighted by molar-refractivity contribution is -0.145. The van der Waals surface area contributed by atoms with E-state index in [-0.39, 0.29) is 18.8 Å². The van der Waals surface area contributed by atoms with Crippen LogP contribution >= 0.6 is 0 Å². The molecule has 3 N–H and O–H groups in total. The van der Waals surface area contributed by atoms with Gasteiger partial charge in [-0.3, -0.25) is 9.59 Å². The zero-order valence-electron chi connectivity index (χ0n) is 24.6. The number of aldehydes is 1. The van der Waals surface area contributed by atoms with Crippen molar-refractivity contribution in [1.82, 2.24) is 5.43 Å². The number of carbonyl (C=O) groups excluding carboxylic acids is 3. The Balaban J connectivity index is 3.71. The standard InChI is InChI=1S/C30H58N3O5/c1-3-4-5-6-7-8-9-10-11-12-13-14-15-16-17-20-25-38-29(35)23-22-28(30(36)37-2)33-32-27(26-34)21-18-19-24-31/h26-28,32H,3-25,31H2,1-2H3/q-1/t27-,28?/m1/s1. The van der Waals surface area contributed by atoms with Crippen LogP contribution in [0.3, 0.4) is 0 Å². The van der Waals surface area contributed by atoms with E-state index in [4.69, 9.17) is 15.2 Å². The van der Waals surface area contributed by atoms with Gasteiger partial charge in [-0.25, -0.2) is 0 Å². The average Bonchev–Trinajstić information content (AvgIpc) is 2.93. The highest BCUT2D eigenvalue weighted by Crippen LogP contribution is 2.14. The van der Waals surface area contributed by atoms with Crippen molar-refractivity contribution in [3.8, 4) is 0 Å². The van der Waals surface area contributed by atoms with Crippen LogP contribution in [0.4, 0.5) is 0 Å². The molecular weight excluding hydrogens is 482 g/mol. The van der Waals surface area contributed by atoms with E-state index in [2.05, 4.69) is 17.8 Å². The normalized spacial score (nSPS) is 12.7. The molecule has 0 aliphatic rings. The minimum atomic E-state index is -0.861. The topological polar surface area (TPSA) is 122 Å². The van der Waals surface area contributed by atoms with Gasteiger partial charge in [0.05, 0.1) is 13.7 Å². The van der Waals surface area contributed by atoms with Crippen LogP contribution in [-0.4, -0.2) is 50.6 Å². The number of esters is 2. The molecule has 0 aromatic carbocycles. The fraction of sp³-hybridized carbons (Fsp3) is 0.900. The van der Waals surface area contributed by atoms with E-state index in [1.807, 2.05) is 0 Å². The van der Waals surface area contributed by atoms with Gasteiger partial charge in [-0.05, 0) is 38.3 Å². The number of methoxy groups -OCH3 is 1. The Morgan fingerprint density at radius 2 is 1.32 bits per heavy atom. The Labute approximate surface area is 232 Å². The van der Waals surface area contributed by atoms with Crippen LogP contribution in [0.2, 0.25) is 0 Å². The van der Waals surface area contributed by atoms with E-state index in [0.29, 0.717) is 19.6 Å². The fourth-order valence-corrected chi connectivity index (χ4v) is 4.39. The third kappa shape index (κ3) is 23.6. The molecule has 0 radical (unpaired) electrons. The van der Waals surface area contributed by atoms with Crippen molar-refractivity contribution in [2.24, 2.45) is 5.73 Å². The number of rotatable bonds is 29. The lowest BCUT2D eigenvalue weighted by Gasteiger charge is -2.33. The maximum Gasteiger partial charge on any atom is 0.305 e. The van der Waals surface area contributed by atoms with E-state index in [1.54, 1.807) is 0 Å². The summed E-state index contributed by atoms with van der Waals surface area (Å²) >= 11 is 0. The van der Waals surface area contributed by atoms with Gasteiger partial charge in [0.25, 0.3) is 5.97 Å². The van der Waals surface area contributed by atoms with Gasteiger partial charge in [0.15, 0.2) is 0 Å². The third-order valence-corrected chi connectivity index (χ3v) is 6.89. The zero-order valence-corrected chi connectivity index (χ0v) is 24.6. The summed E-state index contributed by atoms with van der Waals surface area (Å²) in [6.07, 6.45) is 24.0. The molecule has 0 bridgehead atoms. The molecule has 0 aromatic heterocycles. The number of carbonyl (C=O) groups is 3. The predicted octanol–water partition coefficient (Wildman–Crippen LogP) is 6.69. The van der Waals surface area contributed by atoms with Gasteiger partial charge in [-0.15, -0.1) is 0 Å². The summed E-state index contributed by atoms with van der Waals surface area (Å²) in [7, 11) is 1.28. The van der Waals surface area contributed by atoms with Gasteiger partial charge in [0.1, 0.15) is 6.29 Å². The molecule has 8 nitrogen and oxygen atoms in total. The zero-order chi connectivity index (χ0) is 28.1. The molecule has 38 heavy (non-hydrogen) atoms. The van der Waals surface area contributed by atoms with Gasteiger partial charge < -0.3 is 30.9 Å². The number of hydrogen-bond acceptors (Lipinski definition) is 7. The Kier molecular flexibility index (Phi) is 27.4. The van der Waals surface area contributed by atoms with Crippen molar-refractivity contribution in [2.45, 2.75) is 154 Å². The first-order valence-electron chi connectivity index (χ1n) is 15.4. The Morgan fingerprint density at radius 3 is 1.79 bits per heavy atom. The Morgan fingerprint density at radius 1 is 0.789 bits per heavy atom. The summed E-state index contributed by atoms with van der Waals surface area (Å²) in [4.78, 5) is 35.3. The number of nitrogens with two attached hydrogens (primary N) is 1. The molecule has 0 saturated heterocycles. The second-order valence-electron chi connectivity index (χ2n) is 10.4. The van der Waals surface area contributed by atoms with Crippen LogP contribution in [0, 0.1) is 0 Å². The SMILES string of the molecule is CCCCCCCCCCCCCCCCCCOC(=O)CCC([N-]N[C@@H](C=O)CCCCN)C(=O)OC. The number of ether oxygens (including phenoxy) is 2. The molecule has 0 saturated carbocycles. The number of unbranched alkanes of at least 4 members (excludes halogenated alkanes) is 16. The maximum atomic E-state index is 12.1. The van der Waals surface area contributed by atoms with Crippen LogP contribution < -0.4 is 11.2 Å². The molecule has 0 heterocycles. The minimum absolute atomic E-state index is 0.0722. The summed E-state index contributed by atoms with van der Waals surface area (Å²) in [6.45, 7) is 3.24. The molecule has 0 rings (SSSR count). The van der Waals surface area contributed by atoms with E-state index < -0.39 is 18.1 Å².